The molecule has 3 nitrogen and oxygen atoms in total. The lowest BCUT2D eigenvalue weighted by Crippen LogP contribution is -2.34. The second kappa shape index (κ2) is 6.20. The lowest BCUT2D eigenvalue weighted by Gasteiger charge is -2.30. The van der Waals surface area contributed by atoms with Crippen LogP contribution in [0.15, 0.2) is 16.9 Å². The first-order valence-electron chi connectivity index (χ1n) is 6.86. The fourth-order valence-corrected chi connectivity index (χ4v) is 2.93. The Balaban J connectivity index is 1.73. The van der Waals surface area contributed by atoms with Gasteiger partial charge < -0.3 is 9.84 Å². The summed E-state index contributed by atoms with van der Waals surface area (Å²) in [5.74, 6) is 1.74. The van der Waals surface area contributed by atoms with Crippen molar-refractivity contribution in [3.63, 3.8) is 0 Å². The van der Waals surface area contributed by atoms with Gasteiger partial charge >= 0.3 is 0 Å². The van der Waals surface area contributed by atoms with Crippen LogP contribution in [0, 0.1) is 11.8 Å². The van der Waals surface area contributed by atoms with Crippen molar-refractivity contribution in [3.05, 3.63) is 18.0 Å². The molecule has 96 valence electrons. The monoisotopic (exact) mass is 236 g/mol. The first-order chi connectivity index (χ1) is 8.24. The molecule has 0 bridgehead atoms. The molecule has 0 saturated heterocycles. The molecule has 3 heteroatoms. The van der Waals surface area contributed by atoms with Gasteiger partial charge in [-0.25, -0.2) is 0 Å². The summed E-state index contributed by atoms with van der Waals surface area (Å²) in [7, 11) is 0. The molecule has 1 aromatic rings. The van der Waals surface area contributed by atoms with Crippen molar-refractivity contribution in [2.24, 2.45) is 11.8 Å². The van der Waals surface area contributed by atoms with E-state index in [0.29, 0.717) is 6.04 Å². The van der Waals surface area contributed by atoms with E-state index in [-0.39, 0.29) is 0 Å². The van der Waals surface area contributed by atoms with Gasteiger partial charge in [-0.2, -0.15) is 0 Å². The highest BCUT2D eigenvalue weighted by atomic mass is 16.5. The first kappa shape index (κ1) is 12.6. The maximum absolute atomic E-state index is 4.84. The van der Waals surface area contributed by atoms with Gasteiger partial charge in [0.05, 0.1) is 5.69 Å². The normalized spacial score (nSPS) is 25.4. The molecule has 0 spiro atoms. The smallest absolute Gasteiger partial charge is 0.124 e. The van der Waals surface area contributed by atoms with Crippen LogP contribution in [-0.2, 0) is 6.54 Å². The Kier molecular flexibility index (Phi) is 4.60. The summed E-state index contributed by atoms with van der Waals surface area (Å²) in [4.78, 5) is 0. The Labute approximate surface area is 104 Å². The molecule has 0 aliphatic heterocycles. The molecule has 1 heterocycles. The van der Waals surface area contributed by atoms with Gasteiger partial charge in [-0.3, -0.25) is 0 Å². The number of hydrogen-bond donors (Lipinski definition) is 1. The third-order valence-corrected chi connectivity index (χ3v) is 3.65. The van der Waals surface area contributed by atoms with E-state index in [1.165, 1.54) is 32.1 Å². The van der Waals surface area contributed by atoms with Crippen LogP contribution < -0.4 is 5.32 Å². The maximum Gasteiger partial charge on any atom is 0.124 e. The zero-order valence-electron chi connectivity index (χ0n) is 11.0. The van der Waals surface area contributed by atoms with Crippen LogP contribution >= 0.6 is 0 Å². The van der Waals surface area contributed by atoms with Gasteiger partial charge in [0.15, 0.2) is 0 Å². The SMILES string of the molecule is CC(C)CC1CCCC(NCc2ccon2)C1. The minimum Gasteiger partial charge on any atom is -0.364 e. The Morgan fingerprint density at radius 1 is 1.47 bits per heavy atom. The molecule has 2 atom stereocenters. The van der Waals surface area contributed by atoms with Gasteiger partial charge in [-0.15, -0.1) is 0 Å². The third-order valence-electron chi connectivity index (χ3n) is 3.65. The lowest BCUT2D eigenvalue weighted by molar-refractivity contribution is 0.250. The van der Waals surface area contributed by atoms with E-state index < -0.39 is 0 Å². The van der Waals surface area contributed by atoms with Crippen LogP contribution in [0.4, 0.5) is 0 Å². The molecule has 2 unspecified atom stereocenters. The molecular weight excluding hydrogens is 212 g/mol. The zero-order valence-corrected chi connectivity index (χ0v) is 11.0. The highest BCUT2D eigenvalue weighted by molar-refractivity contribution is 4.95. The van der Waals surface area contributed by atoms with Crippen molar-refractivity contribution >= 4 is 0 Å². The molecule has 1 aromatic heterocycles. The van der Waals surface area contributed by atoms with Crippen LogP contribution in [0.3, 0.4) is 0 Å². The minimum absolute atomic E-state index is 0.671. The summed E-state index contributed by atoms with van der Waals surface area (Å²) in [5, 5.41) is 7.54. The molecule has 1 aliphatic rings. The summed E-state index contributed by atoms with van der Waals surface area (Å²) in [6.45, 7) is 5.49. The Morgan fingerprint density at radius 3 is 3.06 bits per heavy atom. The van der Waals surface area contributed by atoms with Crippen molar-refractivity contribution < 1.29 is 4.52 Å². The van der Waals surface area contributed by atoms with Crippen molar-refractivity contribution in [1.82, 2.24) is 10.5 Å². The number of nitrogens with one attached hydrogen (secondary N) is 1. The highest BCUT2D eigenvalue weighted by Crippen LogP contribution is 2.29. The van der Waals surface area contributed by atoms with E-state index in [1.807, 2.05) is 6.07 Å². The third kappa shape index (κ3) is 4.15. The summed E-state index contributed by atoms with van der Waals surface area (Å²) >= 11 is 0. The first-order valence-corrected chi connectivity index (χ1v) is 6.86. The van der Waals surface area contributed by atoms with Gasteiger partial charge in [-0.05, 0) is 31.1 Å². The number of rotatable bonds is 5. The van der Waals surface area contributed by atoms with Gasteiger partial charge in [0.2, 0.25) is 0 Å². The number of hydrogen-bond acceptors (Lipinski definition) is 3. The average Bonchev–Trinajstić information content (AvgIpc) is 2.79. The van der Waals surface area contributed by atoms with Crippen molar-refractivity contribution in [2.45, 2.75) is 58.5 Å². The second-order valence-corrected chi connectivity index (χ2v) is 5.73. The van der Waals surface area contributed by atoms with Gasteiger partial charge in [0.25, 0.3) is 0 Å². The van der Waals surface area contributed by atoms with E-state index in [0.717, 1.165) is 24.1 Å². The average molecular weight is 236 g/mol. The van der Waals surface area contributed by atoms with E-state index in [9.17, 15) is 0 Å². The molecule has 2 rings (SSSR count). The topological polar surface area (TPSA) is 38.1 Å². The lowest BCUT2D eigenvalue weighted by atomic mass is 9.81. The summed E-state index contributed by atoms with van der Waals surface area (Å²) < 4.78 is 4.84. The van der Waals surface area contributed by atoms with E-state index in [4.69, 9.17) is 4.52 Å². The molecular formula is C14H24N2O. The Bertz CT molecular complexity index is 308. The van der Waals surface area contributed by atoms with Crippen molar-refractivity contribution in [3.8, 4) is 0 Å². The van der Waals surface area contributed by atoms with E-state index in [1.54, 1.807) is 6.26 Å². The number of nitrogens with zero attached hydrogens (tertiary/aromatic N) is 1. The molecule has 1 saturated carbocycles. The molecule has 1 N–H and O–H groups in total. The summed E-state index contributed by atoms with van der Waals surface area (Å²) in [6.07, 6.45) is 8.44. The zero-order chi connectivity index (χ0) is 12.1. The molecule has 0 radical (unpaired) electrons. The molecule has 1 fully saturated rings. The quantitative estimate of drug-likeness (QED) is 0.851. The van der Waals surface area contributed by atoms with Crippen molar-refractivity contribution in [2.75, 3.05) is 0 Å². The Hall–Kier alpha value is -0.830. The minimum atomic E-state index is 0.671. The fourth-order valence-electron chi connectivity index (χ4n) is 2.93. The van der Waals surface area contributed by atoms with Crippen LogP contribution in [0.25, 0.3) is 0 Å². The van der Waals surface area contributed by atoms with Crippen LogP contribution in [0.1, 0.15) is 51.6 Å². The van der Waals surface area contributed by atoms with Crippen LogP contribution in [-0.4, -0.2) is 11.2 Å². The van der Waals surface area contributed by atoms with Gasteiger partial charge in [-0.1, -0.05) is 31.8 Å². The van der Waals surface area contributed by atoms with Gasteiger partial charge in [0.1, 0.15) is 6.26 Å². The van der Waals surface area contributed by atoms with Crippen LogP contribution in [0.5, 0.6) is 0 Å². The molecule has 0 amide bonds. The summed E-state index contributed by atoms with van der Waals surface area (Å²) in [5.41, 5.74) is 1.01. The van der Waals surface area contributed by atoms with Crippen molar-refractivity contribution in [1.29, 1.82) is 0 Å². The molecule has 1 aliphatic carbocycles. The Morgan fingerprint density at radius 2 is 2.35 bits per heavy atom. The second-order valence-electron chi connectivity index (χ2n) is 5.73. The van der Waals surface area contributed by atoms with Crippen LogP contribution in [0.2, 0.25) is 0 Å². The maximum atomic E-state index is 4.84. The predicted octanol–water partition coefficient (Wildman–Crippen LogP) is 3.37. The number of aromatic nitrogens is 1. The molecule has 0 aromatic carbocycles. The predicted molar refractivity (Wildman–Crippen MR) is 68.5 cm³/mol. The van der Waals surface area contributed by atoms with E-state index in [2.05, 4.69) is 24.3 Å². The molecule has 17 heavy (non-hydrogen) atoms. The highest BCUT2D eigenvalue weighted by Gasteiger charge is 2.22. The standard InChI is InChI=1S/C14H24N2O/c1-11(2)8-12-4-3-5-13(9-12)15-10-14-6-7-17-16-14/h6-7,11-13,15H,3-5,8-10H2,1-2H3. The van der Waals surface area contributed by atoms with E-state index >= 15 is 0 Å². The summed E-state index contributed by atoms with van der Waals surface area (Å²) in [6, 6.07) is 2.60. The fraction of sp³-hybridized carbons (Fsp3) is 0.786. The largest absolute Gasteiger partial charge is 0.364 e. The van der Waals surface area contributed by atoms with Gasteiger partial charge in [0, 0.05) is 18.7 Å².